The van der Waals surface area contributed by atoms with Gasteiger partial charge in [-0.25, -0.2) is 23.2 Å². The van der Waals surface area contributed by atoms with Crippen LogP contribution in [0.25, 0.3) is 11.4 Å². The Labute approximate surface area is 223 Å². The van der Waals surface area contributed by atoms with E-state index in [4.69, 9.17) is 9.72 Å². The third-order valence-electron chi connectivity index (χ3n) is 6.02. The minimum absolute atomic E-state index is 0.0775. The van der Waals surface area contributed by atoms with Crippen LogP contribution in [0.4, 0.5) is 16.3 Å². The first kappa shape index (κ1) is 27.4. The number of pyridine rings is 1. The highest BCUT2D eigenvalue weighted by Crippen LogP contribution is 2.26. The zero-order valence-electron chi connectivity index (χ0n) is 21.8. The molecular formula is C26H33N7O4S. The highest BCUT2D eigenvalue weighted by atomic mass is 32.2. The number of urea groups is 1. The number of morpholine rings is 1. The van der Waals surface area contributed by atoms with Crippen LogP contribution in [0.5, 0.6) is 0 Å². The monoisotopic (exact) mass is 539 g/mol. The molecule has 2 aromatic heterocycles. The molecule has 1 saturated heterocycles. The summed E-state index contributed by atoms with van der Waals surface area (Å²) in [5.74, 6) is 0.779. The van der Waals surface area contributed by atoms with Crippen molar-refractivity contribution in [2.24, 2.45) is 0 Å². The maximum atomic E-state index is 13.1. The van der Waals surface area contributed by atoms with Crippen molar-refractivity contribution in [2.45, 2.75) is 23.6 Å². The van der Waals surface area contributed by atoms with Gasteiger partial charge < -0.3 is 25.2 Å². The SMILES string of the molecule is C[C@H]1COCCN1c1cc(CS(=O)(=O)c2ccncc2)nc(-c2ccc(NC(=O)NCCN(C)C)cc2)n1. The van der Waals surface area contributed by atoms with Gasteiger partial charge in [0.2, 0.25) is 0 Å². The van der Waals surface area contributed by atoms with E-state index in [1.54, 1.807) is 30.3 Å². The summed E-state index contributed by atoms with van der Waals surface area (Å²) in [6.45, 7) is 5.06. The number of hydrogen-bond acceptors (Lipinski definition) is 9. The lowest BCUT2D eigenvalue weighted by Crippen LogP contribution is -2.44. The highest BCUT2D eigenvalue weighted by Gasteiger charge is 2.24. The molecule has 0 bridgehead atoms. The van der Waals surface area contributed by atoms with E-state index in [0.717, 1.165) is 6.54 Å². The average molecular weight is 540 g/mol. The van der Waals surface area contributed by atoms with Gasteiger partial charge in [-0.05, 0) is 57.4 Å². The number of hydrogen-bond donors (Lipinski definition) is 2. The Balaban J connectivity index is 1.59. The molecule has 12 heteroatoms. The fourth-order valence-corrected chi connectivity index (χ4v) is 5.24. The summed E-state index contributed by atoms with van der Waals surface area (Å²) in [4.78, 5) is 29.7. The Bertz CT molecular complexity index is 1340. The zero-order chi connectivity index (χ0) is 27.1. The van der Waals surface area contributed by atoms with Crippen LogP contribution in [0.1, 0.15) is 12.6 Å². The van der Waals surface area contributed by atoms with E-state index in [1.165, 1.54) is 24.5 Å². The minimum atomic E-state index is -3.64. The summed E-state index contributed by atoms with van der Waals surface area (Å²) in [6.07, 6.45) is 2.91. The molecule has 38 heavy (non-hydrogen) atoms. The van der Waals surface area contributed by atoms with Crippen LogP contribution in [-0.4, -0.2) is 87.3 Å². The standard InChI is InChI=1S/C26H33N7O4S/c1-19-17-37-15-14-33(19)24-16-22(18-38(35,36)23-8-10-27-11-9-23)29-25(31-24)20-4-6-21(7-5-20)30-26(34)28-12-13-32(2)3/h4-11,16,19H,12-15,17-18H2,1-3H3,(H2,28,30,34)/t19-/m0/s1. The van der Waals surface area contributed by atoms with Crippen LogP contribution in [0, 0.1) is 0 Å². The number of anilines is 2. The average Bonchev–Trinajstić information content (AvgIpc) is 2.89. The molecule has 0 aliphatic carbocycles. The third-order valence-corrected chi connectivity index (χ3v) is 7.69. The van der Waals surface area contributed by atoms with E-state index in [0.29, 0.717) is 54.9 Å². The Morgan fingerprint density at radius 2 is 1.87 bits per heavy atom. The van der Waals surface area contributed by atoms with E-state index in [2.05, 4.69) is 25.5 Å². The molecular weight excluding hydrogens is 506 g/mol. The van der Waals surface area contributed by atoms with Crippen molar-refractivity contribution in [1.82, 2.24) is 25.2 Å². The number of rotatable bonds is 9. The first-order chi connectivity index (χ1) is 18.2. The zero-order valence-corrected chi connectivity index (χ0v) is 22.6. The second kappa shape index (κ2) is 12.3. The van der Waals surface area contributed by atoms with Crippen LogP contribution in [0.15, 0.2) is 59.8 Å². The normalized spacial score (nSPS) is 15.9. The predicted molar refractivity (Wildman–Crippen MR) is 146 cm³/mol. The van der Waals surface area contributed by atoms with Crippen molar-refractivity contribution in [3.8, 4) is 11.4 Å². The molecule has 202 valence electrons. The quantitative estimate of drug-likeness (QED) is 0.421. The number of likely N-dealkylation sites (N-methyl/N-ethyl adjacent to an activating group) is 1. The summed E-state index contributed by atoms with van der Waals surface area (Å²) >= 11 is 0. The largest absolute Gasteiger partial charge is 0.377 e. The van der Waals surface area contributed by atoms with Crippen LogP contribution < -0.4 is 15.5 Å². The molecule has 0 spiro atoms. The lowest BCUT2D eigenvalue weighted by molar-refractivity contribution is 0.0985. The number of ether oxygens (including phenoxy) is 1. The van der Waals surface area contributed by atoms with Crippen molar-refractivity contribution in [1.29, 1.82) is 0 Å². The first-order valence-corrected chi connectivity index (χ1v) is 14.0. The Morgan fingerprint density at radius 1 is 1.13 bits per heavy atom. The van der Waals surface area contributed by atoms with Gasteiger partial charge in [-0.2, -0.15) is 0 Å². The molecule has 4 rings (SSSR count). The second-order valence-corrected chi connectivity index (χ2v) is 11.4. The van der Waals surface area contributed by atoms with Crippen molar-refractivity contribution < 1.29 is 17.9 Å². The molecule has 1 aliphatic heterocycles. The van der Waals surface area contributed by atoms with E-state index in [9.17, 15) is 13.2 Å². The fourth-order valence-electron chi connectivity index (χ4n) is 4.00. The number of carbonyl (C=O) groups excluding carboxylic acids is 1. The molecule has 0 radical (unpaired) electrons. The summed E-state index contributed by atoms with van der Waals surface area (Å²) in [5.41, 5.74) is 1.71. The first-order valence-electron chi connectivity index (χ1n) is 12.4. The van der Waals surface area contributed by atoms with Crippen molar-refractivity contribution in [3.63, 3.8) is 0 Å². The molecule has 1 aliphatic rings. The Kier molecular flexibility index (Phi) is 8.87. The highest BCUT2D eigenvalue weighted by molar-refractivity contribution is 7.90. The summed E-state index contributed by atoms with van der Waals surface area (Å²) in [6, 6.07) is 11.6. The van der Waals surface area contributed by atoms with Gasteiger partial charge in [0, 0.05) is 49.3 Å². The maximum Gasteiger partial charge on any atom is 0.319 e. The number of carbonyl (C=O) groups is 1. The van der Waals surface area contributed by atoms with Crippen LogP contribution in [0.2, 0.25) is 0 Å². The van der Waals surface area contributed by atoms with Gasteiger partial charge in [-0.3, -0.25) is 4.98 Å². The predicted octanol–water partition coefficient (Wildman–Crippen LogP) is 2.42. The fraction of sp³-hybridized carbons (Fsp3) is 0.385. The van der Waals surface area contributed by atoms with Crippen molar-refractivity contribution in [2.75, 3.05) is 57.2 Å². The van der Waals surface area contributed by atoms with Crippen LogP contribution in [-0.2, 0) is 20.3 Å². The lowest BCUT2D eigenvalue weighted by atomic mass is 10.2. The van der Waals surface area contributed by atoms with E-state index >= 15 is 0 Å². The lowest BCUT2D eigenvalue weighted by Gasteiger charge is -2.34. The number of aromatic nitrogens is 3. The van der Waals surface area contributed by atoms with Gasteiger partial charge in [0.15, 0.2) is 15.7 Å². The smallest absolute Gasteiger partial charge is 0.319 e. The van der Waals surface area contributed by atoms with Gasteiger partial charge in [0.05, 0.1) is 35.6 Å². The number of nitrogens with one attached hydrogen (secondary N) is 2. The molecule has 0 unspecified atom stereocenters. The summed E-state index contributed by atoms with van der Waals surface area (Å²) in [5, 5.41) is 5.61. The van der Waals surface area contributed by atoms with Crippen LogP contribution >= 0.6 is 0 Å². The molecule has 2 N–H and O–H groups in total. The van der Waals surface area contributed by atoms with E-state index in [1.807, 2.05) is 25.9 Å². The minimum Gasteiger partial charge on any atom is -0.377 e. The Hall–Kier alpha value is -3.61. The number of amides is 2. The molecule has 3 aromatic rings. The second-order valence-electron chi connectivity index (χ2n) is 9.36. The van der Waals surface area contributed by atoms with Gasteiger partial charge >= 0.3 is 6.03 Å². The van der Waals surface area contributed by atoms with E-state index in [-0.39, 0.29) is 22.7 Å². The van der Waals surface area contributed by atoms with Crippen molar-refractivity contribution >= 4 is 27.4 Å². The molecule has 2 amide bonds. The number of benzene rings is 1. The molecule has 3 heterocycles. The van der Waals surface area contributed by atoms with Gasteiger partial charge in [-0.1, -0.05) is 0 Å². The van der Waals surface area contributed by atoms with Gasteiger partial charge in [-0.15, -0.1) is 0 Å². The molecule has 0 saturated carbocycles. The summed E-state index contributed by atoms with van der Waals surface area (Å²) < 4.78 is 31.7. The number of nitrogens with zero attached hydrogens (tertiary/aromatic N) is 5. The van der Waals surface area contributed by atoms with E-state index < -0.39 is 9.84 Å². The van der Waals surface area contributed by atoms with Gasteiger partial charge in [0.1, 0.15) is 5.82 Å². The van der Waals surface area contributed by atoms with Crippen LogP contribution in [0.3, 0.4) is 0 Å². The summed E-state index contributed by atoms with van der Waals surface area (Å²) in [7, 11) is 0.241. The Morgan fingerprint density at radius 3 is 2.55 bits per heavy atom. The molecule has 1 atom stereocenters. The van der Waals surface area contributed by atoms with Gasteiger partial charge in [0.25, 0.3) is 0 Å². The van der Waals surface area contributed by atoms with Crippen molar-refractivity contribution in [3.05, 3.63) is 60.6 Å². The molecule has 11 nitrogen and oxygen atoms in total. The number of sulfone groups is 1. The molecule has 1 aromatic carbocycles. The third kappa shape index (κ3) is 7.24. The maximum absolute atomic E-state index is 13.1. The molecule has 1 fully saturated rings. The topological polar surface area (TPSA) is 130 Å².